The van der Waals surface area contributed by atoms with Gasteiger partial charge in [0.1, 0.15) is 0 Å². The standard InChI is InChI=1S/C13H23N3OS/c1-3-11-12(10-14-4-2)18-13(15-11)16-6-5-8-17-9-7-16/h14H,3-10H2,1-2H3. The fourth-order valence-electron chi connectivity index (χ4n) is 2.10. The van der Waals surface area contributed by atoms with Crippen LogP contribution < -0.4 is 10.2 Å². The summed E-state index contributed by atoms with van der Waals surface area (Å²) < 4.78 is 5.50. The van der Waals surface area contributed by atoms with Crippen molar-refractivity contribution < 1.29 is 4.74 Å². The highest BCUT2D eigenvalue weighted by Gasteiger charge is 2.16. The molecule has 0 saturated carbocycles. The molecular formula is C13H23N3OS. The van der Waals surface area contributed by atoms with Crippen LogP contribution in [0.15, 0.2) is 0 Å². The summed E-state index contributed by atoms with van der Waals surface area (Å²) in [7, 11) is 0. The zero-order chi connectivity index (χ0) is 12.8. The predicted octanol–water partition coefficient (Wildman–Crippen LogP) is 2.04. The molecule has 0 amide bonds. The van der Waals surface area contributed by atoms with Gasteiger partial charge < -0.3 is 15.0 Å². The molecule has 102 valence electrons. The van der Waals surface area contributed by atoms with Crippen LogP contribution in [0.1, 0.15) is 30.8 Å². The van der Waals surface area contributed by atoms with Crippen molar-refractivity contribution in [2.45, 2.75) is 33.2 Å². The van der Waals surface area contributed by atoms with E-state index < -0.39 is 0 Å². The highest BCUT2D eigenvalue weighted by Crippen LogP contribution is 2.27. The molecule has 1 aromatic rings. The Hall–Kier alpha value is -0.650. The fraction of sp³-hybridized carbons (Fsp3) is 0.769. The van der Waals surface area contributed by atoms with E-state index in [2.05, 4.69) is 24.1 Å². The van der Waals surface area contributed by atoms with E-state index in [-0.39, 0.29) is 0 Å². The molecule has 1 N–H and O–H groups in total. The van der Waals surface area contributed by atoms with Gasteiger partial charge in [-0.15, -0.1) is 11.3 Å². The minimum Gasteiger partial charge on any atom is -0.380 e. The molecule has 1 saturated heterocycles. The van der Waals surface area contributed by atoms with Crippen molar-refractivity contribution in [3.8, 4) is 0 Å². The molecular weight excluding hydrogens is 246 g/mol. The van der Waals surface area contributed by atoms with Gasteiger partial charge in [0.25, 0.3) is 0 Å². The molecule has 18 heavy (non-hydrogen) atoms. The molecule has 1 aromatic heterocycles. The summed E-state index contributed by atoms with van der Waals surface area (Å²) in [6.07, 6.45) is 2.12. The second kappa shape index (κ2) is 7.07. The quantitative estimate of drug-likeness (QED) is 0.887. The number of rotatable bonds is 5. The van der Waals surface area contributed by atoms with Crippen LogP contribution in [0.2, 0.25) is 0 Å². The van der Waals surface area contributed by atoms with Crippen LogP contribution in [-0.4, -0.2) is 37.8 Å². The number of anilines is 1. The summed E-state index contributed by atoms with van der Waals surface area (Å²) in [5.74, 6) is 0. The van der Waals surface area contributed by atoms with Crippen molar-refractivity contribution in [3.05, 3.63) is 10.6 Å². The number of nitrogens with zero attached hydrogens (tertiary/aromatic N) is 2. The molecule has 2 heterocycles. The zero-order valence-corrected chi connectivity index (χ0v) is 12.2. The second-order valence-electron chi connectivity index (χ2n) is 4.45. The topological polar surface area (TPSA) is 37.4 Å². The van der Waals surface area contributed by atoms with Crippen LogP contribution in [0, 0.1) is 0 Å². The summed E-state index contributed by atoms with van der Waals surface area (Å²) in [5.41, 5.74) is 1.25. The molecule has 5 heteroatoms. The minimum absolute atomic E-state index is 0.823. The lowest BCUT2D eigenvalue weighted by Gasteiger charge is -2.17. The number of nitrogens with one attached hydrogen (secondary N) is 1. The first kappa shape index (κ1) is 13.8. The number of hydrogen-bond donors (Lipinski definition) is 1. The number of hydrogen-bond acceptors (Lipinski definition) is 5. The van der Waals surface area contributed by atoms with Crippen molar-refractivity contribution in [3.63, 3.8) is 0 Å². The first-order valence-corrected chi connectivity index (χ1v) is 7.68. The third kappa shape index (κ3) is 3.43. The fourth-order valence-corrected chi connectivity index (χ4v) is 3.27. The second-order valence-corrected chi connectivity index (χ2v) is 5.52. The monoisotopic (exact) mass is 269 g/mol. The Morgan fingerprint density at radius 3 is 3.00 bits per heavy atom. The third-order valence-electron chi connectivity index (χ3n) is 3.13. The van der Waals surface area contributed by atoms with Gasteiger partial charge in [-0.25, -0.2) is 4.98 Å². The first-order valence-electron chi connectivity index (χ1n) is 6.87. The van der Waals surface area contributed by atoms with Crippen molar-refractivity contribution in [1.29, 1.82) is 0 Å². The number of aryl methyl sites for hydroxylation is 1. The minimum atomic E-state index is 0.823. The van der Waals surface area contributed by atoms with Gasteiger partial charge in [-0.1, -0.05) is 13.8 Å². The maximum absolute atomic E-state index is 5.50. The highest BCUT2D eigenvalue weighted by molar-refractivity contribution is 7.15. The van der Waals surface area contributed by atoms with Crippen molar-refractivity contribution >= 4 is 16.5 Å². The first-order chi connectivity index (χ1) is 8.85. The number of ether oxygens (including phenoxy) is 1. The van der Waals surface area contributed by atoms with Crippen molar-refractivity contribution in [2.75, 3.05) is 37.7 Å². The lowest BCUT2D eigenvalue weighted by Crippen LogP contribution is -2.25. The van der Waals surface area contributed by atoms with E-state index in [1.807, 2.05) is 11.3 Å². The van der Waals surface area contributed by atoms with E-state index in [1.54, 1.807) is 0 Å². The summed E-state index contributed by atoms with van der Waals surface area (Å²) >= 11 is 1.84. The molecule has 0 spiro atoms. The van der Waals surface area contributed by atoms with Crippen molar-refractivity contribution in [2.24, 2.45) is 0 Å². The van der Waals surface area contributed by atoms with Gasteiger partial charge in [-0.05, 0) is 19.4 Å². The normalized spacial score (nSPS) is 16.9. The molecule has 0 aromatic carbocycles. The van der Waals surface area contributed by atoms with E-state index in [4.69, 9.17) is 9.72 Å². The molecule has 4 nitrogen and oxygen atoms in total. The third-order valence-corrected chi connectivity index (χ3v) is 4.29. The molecule has 0 atom stereocenters. The molecule has 0 unspecified atom stereocenters. The predicted molar refractivity (Wildman–Crippen MR) is 76.5 cm³/mol. The van der Waals surface area contributed by atoms with E-state index in [0.29, 0.717) is 0 Å². The van der Waals surface area contributed by atoms with Gasteiger partial charge in [0.15, 0.2) is 5.13 Å². The molecule has 1 fully saturated rings. The smallest absolute Gasteiger partial charge is 0.185 e. The van der Waals surface area contributed by atoms with Gasteiger partial charge in [0.2, 0.25) is 0 Å². The largest absolute Gasteiger partial charge is 0.380 e. The van der Waals surface area contributed by atoms with E-state index in [0.717, 1.165) is 52.2 Å². The van der Waals surface area contributed by atoms with Crippen LogP contribution in [-0.2, 0) is 17.7 Å². The Morgan fingerprint density at radius 1 is 1.33 bits per heavy atom. The summed E-state index contributed by atoms with van der Waals surface area (Å²) in [5, 5.41) is 4.57. The summed E-state index contributed by atoms with van der Waals surface area (Å²) in [4.78, 5) is 8.55. The lowest BCUT2D eigenvalue weighted by molar-refractivity contribution is 0.152. The van der Waals surface area contributed by atoms with Crippen LogP contribution in [0.25, 0.3) is 0 Å². The molecule has 1 aliphatic rings. The molecule has 0 radical (unpaired) electrons. The van der Waals surface area contributed by atoms with Crippen LogP contribution in [0.5, 0.6) is 0 Å². The Morgan fingerprint density at radius 2 is 2.22 bits per heavy atom. The van der Waals surface area contributed by atoms with Gasteiger partial charge in [0, 0.05) is 31.1 Å². The maximum atomic E-state index is 5.50. The Kier molecular flexibility index (Phi) is 5.41. The van der Waals surface area contributed by atoms with E-state index in [9.17, 15) is 0 Å². The summed E-state index contributed by atoms with van der Waals surface area (Å²) in [6, 6.07) is 0. The summed E-state index contributed by atoms with van der Waals surface area (Å²) in [6.45, 7) is 10.0. The maximum Gasteiger partial charge on any atom is 0.185 e. The molecule has 1 aliphatic heterocycles. The van der Waals surface area contributed by atoms with Crippen LogP contribution in [0.3, 0.4) is 0 Å². The highest BCUT2D eigenvalue weighted by atomic mass is 32.1. The number of thiazole rings is 1. The van der Waals surface area contributed by atoms with Gasteiger partial charge in [0.05, 0.1) is 12.3 Å². The van der Waals surface area contributed by atoms with Gasteiger partial charge in [-0.3, -0.25) is 0 Å². The zero-order valence-electron chi connectivity index (χ0n) is 11.4. The average Bonchev–Trinajstić information content (AvgIpc) is 2.61. The Balaban J connectivity index is 2.09. The number of aromatic nitrogens is 1. The Bertz CT molecular complexity index is 359. The SMILES string of the molecule is CCNCc1sc(N2CCCOCC2)nc1CC. The van der Waals surface area contributed by atoms with Gasteiger partial charge in [-0.2, -0.15) is 0 Å². The molecule has 2 rings (SSSR count). The van der Waals surface area contributed by atoms with Crippen LogP contribution in [0.4, 0.5) is 5.13 Å². The average molecular weight is 269 g/mol. The Labute approximate surface area is 113 Å². The van der Waals surface area contributed by atoms with Crippen molar-refractivity contribution in [1.82, 2.24) is 10.3 Å². The van der Waals surface area contributed by atoms with Gasteiger partial charge >= 0.3 is 0 Å². The van der Waals surface area contributed by atoms with Crippen LogP contribution >= 0.6 is 11.3 Å². The molecule has 0 aliphatic carbocycles. The van der Waals surface area contributed by atoms with E-state index in [1.165, 1.54) is 15.7 Å². The lowest BCUT2D eigenvalue weighted by atomic mass is 10.3. The molecule has 0 bridgehead atoms. The van der Waals surface area contributed by atoms with E-state index >= 15 is 0 Å².